The SMILES string of the molecule is COc1ccc(CNC2CCN(C)C2)cc1OC(F)F. The summed E-state index contributed by atoms with van der Waals surface area (Å²) in [5, 5.41) is 3.42. The van der Waals surface area contributed by atoms with Gasteiger partial charge in [-0.2, -0.15) is 8.78 Å². The van der Waals surface area contributed by atoms with E-state index >= 15 is 0 Å². The topological polar surface area (TPSA) is 33.7 Å². The number of halogens is 2. The van der Waals surface area contributed by atoms with Crippen molar-refractivity contribution in [3.63, 3.8) is 0 Å². The summed E-state index contributed by atoms with van der Waals surface area (Å²) in [6.07, 6.45) is 1.10. The van der Waals surface area contributed by atoms with Crippen molar-refractivity contribution in [2.45, 2.75) is 25.6 Å². The molecule has 1 atom stereocenters. The van der Waals surface area contributed by atoms with Gasteiger partial charge in [0, 0.05) is 19.1 Å². The van der Waals surface area contributed by atoms with E-state index in [1.165, 1.54) is 7.11 Å². The Labute approximate surface area is 117 Å². The minimum atomic E-state index is -2.85. The lowest BCUT2D eigenvalue weighted by atomic mass is 10.1. The van der Waals surface area contributed by atoms with Crippen LogP contribution in [0, 0.1) is 0 Å². The fourth-order valence-corrected chi connectivity index (χ4v) is 2.38. The largest absolute Gasteiger partial charge is 0.493 e. The summed E-state index contributed by atoms with van der Waals surface area (Å²) in [4.78, 5) is 2.26. The predicted octanol–water partition coefficient (Wildman–Crippen LogP) is 2.09. The van der Waals surface area contributed by atoms with E-state index in [0.29, 0.717) is 18.3 Å². The Morgan fingerprint density at radius 2 is 2.20 bits per heavy atom. The first-order valence-corrected chi connectivity index (χ1v) is 6.62. The number of hydrogen-bond acceptors (Lipinski definition) is 4. The summed E-state index contributed by atoms with van der Waals surface area (Å²) < 4.78 is 34.2. The number of nitrogens with zero attached hydrogens (tertiary/aromatic N) is 1. The van der Waals surface area contributed by atoms with Crippen LogP contribution < -0.4 is 14.8 Å². The molecule has 1 aromatic rings. The lowest BCUT2D eigenvalue weighted by molar-refractivity contribution is -0.0512. The van der Waals surface area contributed by atoms with Gasteiger partial charge in [-0.05, 0) is 37.7 Å². The van der Waals surface area contributed by atoms with Crippen LogP contribution in [0.4, 0.5) is 8.78 Å². The molecule has 0 bridgehead atoms. The van der Waals surface area contributed by atoms with Gasteiger partial charge in [0.15, 0.2) is 11.5 Å². The summed E-state index contributed by atoms with van der Waals surface area (Å²) in [6, 6.07) is 5.54. The van der Waals surface area contributed by atoms with E-state index in [4.69, 9.17) is 4.74 Å². The molecular weight excluding hydrogens is 266 g/mol. The van der Waals surface area contributed by atoms with Gasteiger partial charge in [-0.15, -0.1) is 0 Å². The number of alkyl halides is 2. The molecular formula is C14H20F2N2O2. The van der Waals surface area contributed by atoms with Crippen molar-refractivity contribution in [3.8, 4) is 11.5 Å². The fourth-order valence-electron chi connectivity index (χ4n) is 2.38. The Morgan fingerprint density at radius 3 is 2.80 bits per heavy atom. The molecule has 0 radical (unpaired) electrons. The van der Waals surface area contributed by atoms with Gasteiger partial charge < -0.3 is 19.7 Å². The molecule has 1 fully saturated rings. The molecule has 1 unspecified atom stereocenters. The van der Waals surface area contributed by atoms with Gasteiger partial charge in [0.25, 0.3) is 0 Å². The monoisotopic (exact) mass is 286 g/mol. The number of rotatable bonds is 6. The number of nitrogens with one attached hydrogen (secondary N) is 1. The molecule has 1 aromatic carbocycles. The fraction of sp³-hybridized carbons (Fsp3) is 0.571. The Balaban J connectivity index is 1.97. The van der Waals surface area contributed by atoms with Gasteiger partial charge in [0.1, 0.15) is 0 Å². The zero-order valence-electron chi connectivity index (χ0n) is 11.7. The van der Waals surface area contributed by atoms with Crippen LogP contribution in [0.5, 0.6) is 11.5 Å². The summed E-state index contributed by atoms with van der Waals surface area (Å²) in [6.45, 7) is -0.130. The molecule has 4 nitrogen and oxygen atoms in total. The quantitative estimate of drug-likeness (QED) is 0.868. The molecule has 1 saturated heterocycles. The van der Waals surface area contributed by atoms with Crippen molar-refractivity contribution in [1.29, 1.82) is 0 Å². The maximum absolute atomic E-state index is 12.3. The van der Waals surface area contributed by atoms with Crippen LogP contribution >= 0.6 is 0 Å². The molecule has 20 heavy (non-hydrogen) atoms. The normalized spacial score (nSPS) is 19.6. The minimum Gasteiger partial charge on any atom is -0.493 e. The highest BCUT2D eigenvalue weighted by molar-refractivity contribution is 5.43. The standard InChI is InChI=1S/C14H20F2N2O2/c1-18-6-5-11(9-18)17-8-10-3-4-12(19-2)13(7-10)20-14(15)16/h3-4,7,11,14,17H,5-6,8-9H2,1-2H3. The Hall–Kier alpha value is -1.40. The number of hydrogen-bond donors (Lipinski definition) is 1. The van der Waals surface area contributed by atoms with E-state index in [9.17, 15) is 8.78 Å². The molecule has 0 aliphatic carbocycles. The van der Waals surface area contributed by atoms with E-state index in [1.807, 2.05) is 6.07 Å². The average Bonchev–Trinajstić information content (AvgIpc) is 2.82. The third-order valence-electron chi connectivity index (χ3n) is 3.43. The first-order chi connectivity index (χ1) is 9.58. The maximum Gasteiger partial charge on any atom is 0.387 e. The van der Waals surface area contributed by atoms with Crippen molar-refractivity contribution in [1.82, 2.24) is 10.2 Å². The van der Waals surface area contributed by atoms with Crippen LogP contribution in [0.25, 0.3) is 0 Å². The second-order valence-corrected chi connectivity index (χ2v) is 4.99. The van der Waals surface area contributed by atoms with Crippen LogP contribution in [0.15, 0.2) is 18.2 Å². The van der Waals surface area contributed by atoms with Gasteiger partial charge in [-0.3, -0.25) is 0 Å². The van der Waals surface area contributed by atoms with Gasteiger partial charge in [0.05, 0.1) is 7.11 Å². The van der Waals surface area contributed by atoms with Gasteiger partial charge >= 0.3 is 6.61 Å². The maximum atomic E-state index is 12.3. The molecule has 1 N–H and O–H groups in total. The molecule has 0 saturated carbocycles. The first-order valence-electron chi connectivity index (χ1n) is 6.62. The molecule has 2 rings (SSSR count). The molecule has 0 aromatic heterocycles. The van der Waals surface area contributed by atoms with Crippen LogP contribution in [-0.2, 0) is 6.54 Å². The Bertz CT molecular complexity index is 443. The van der Waals surface area contributed by atoms with Crippen LogP contribution in [-0.4, -0.2) is 44.8 Å². The number of likely N-dealkylation sites (tertiary alicyclic amines) is 1. The highest BCUT2D eigenvalue weighted by atomic mass is 19.3. The van der Waals surface area contributed by atoms with Crippen molar-refractivity contribution in [2.24, 2.45) is 0 Å². The highest BCUT2D eigenvalue weighted by Gasteiger charge is 2.18. The van der Waals surface area contributed by atoms with E-state index in [0.717, 1.165) is 25.1 Å². The van der Waals surface area contributed by atoms with E-state index in [2.05, 4.69) is 22.0 Å². The Kier molecular flexibility index (Phi) is 5.14. The number of methoxy groups -OCH3 is 1. The summed E-state index contributed by atoms with van der Waals surface area (Å²) in [7, 11) is 3.52. The van der Waals surface area contributed by atoms with Gasteiger partial charge in [-0.1, -0.05) is 6.07 Å². The molecule has 0 amide bonds. The van der Waals surface area contributed by atoms with Crippen LogP contribution in [0.1, 0.15) is 12.0 Å². The predicted molar refractivity (Wildman–Crippen MR) is 72.4 cm³/mol. The third-order valence-corrected chi connectivity index (χ3v) is 3.43. The van der Waals surface area contributed by atoms with Crippen molar-refractivity contribution < 1.29 is 18.3 Å². The van der Waals surface area contributed by atoms with Crippen molar-refractivity contribution >= 4 is 0 Å². The lowest BCUT2D eigenvalue weighted by Crippen LogP contribution is -2.30. The number of benzene rings is 1. The summed E-state index contributed by atoms with van der Waals surface area (Å²) >= 11 is 0. The van der Waals surface area contributed by atoms with Crippen LogP contribution in [0.2, 0.25) is 0 Å². The molecule has 112 valence electrons. The second-order valence-electron chi connectivity index (χ2n) is 4.99. The first kappa shape index (κ1) is 15.0. The number of likely N-dealkylation sites (N-methyl/N-ethyl adjacent to an activating group) is 1. The molecule has 1 aliphatic heterocycles. The van der Waals surface area contributed by atoms with E-state index in [-0.39, 0.29) is 5.75 Å². The smallest absolute Gasteiger partial charge is 0.387 e. The third kappa shape index (κ3) is 4.05. The lowest BCUT2D eigenvalue weighted by Gasteiger charge is -2.15. The molecule has 0 spiro atoms. The van der Waals surface area contributed by atoms with Crippen molar-refractivity contribution in [2.75, 3.05) is 27.2 Å². The Morgan fingerprint density at radius 1 is 1.40 bits per heavy atom. The van der Waals surface area contributed by atoms with E-state index in [1.54, 1.807) is 12.1 Å². The van der Waals surface area contributed by atoms with Crippen molar-refractivity contribution in [3.05, 3.63) is 23.8 Å². The zero-order valence-corrected chi connectivity index (χ0v) is 11.7. The molecule has 6 heteroatoms. The van der Waals surface area contributed by atoms with E-state index < -0.39 is 6.61 Å². The van der Waals surface area contributed by atoms with Gasteiger partial charge in [0.2, 0.25) is 0 Å². The zero-order chi connectivity index (χ0) is 14.5. The minimum absolute atomic E-state index is 0.0744. The summed E-state index contributed by atoms with van der Waals surface area (Å²) in [5.74, 6) is 0.389. The average molecular weight is 286 g/mol. The highest BCUT2D eigenvalue weighted by Crippen LogP contribution is 2.29. The molecule has 1 heterocycles. The second kappa shape index (κ2) is 6.85. The van der Waals surface area contributed by atoms with Crippen LogP contribution in [0.3, 0.4) is 0 Å². The summed E-state index contributed by atoms with van der Waals surface area (Å²) in [5.41, 5.74) is 0.899. The molecule has 1 aliphatic rings. The van der Waals surface area contributed by atoms with Gasteiger partial charge in [-0.25, -0.2) is 0 Å². The number of ether oxygens (including phenoxy) is 2.